The lowest BCUT2D eigenvalue weighted by atomic mass is 9.90. The molecule has 11 atom stereocenters. The van der Waals surface area contributed by atoms with Crippen molar-refractivity contribution in [2.45, 2.75) is 123 Å². The molecule has 1 aromatic heterocycles. The second kappa shape index (κ2) is 23.9. The smallest absolute Gasteiger partial charge is 0.465 e. The van der Waals surface area contributed by atoms with Crippen LogP contribution >= 0.6 is 7.82 Å². The lowest BCUT2D eigenvalue weighted by Crippen LogP contribution is -2.66. The van der Waals surface area contributed by atoms with E-state index in [0.29, 0.717) is 0 Å². The lowest BCUT2D eigenvalue weighted by molar-refractivity contribution is -0.312. The maximum absolute atomic E-state index is 14.9. The van der Waals surface area contributed by atoms with Gasteiger partial charge in [-0.1, -0.05) is 6.08 Å². The van der Waals surface area contributed by atoms with Gasteiger partial charge in [-0.15, -0.1) is 6.58 Å². The molecule has 1 amide bonds. The summed E-state index contributed by atoms with van der Waals surface area (Å²) in [4.78, 5) is 129. The van der Waals surface area contributed by atoms with Crippen LogP contribution in [0.3, 0.4) is 0 Å². The number of aromatic nitrogens is 2. The van der Waals surface area contributed by atoms with Gasteiger partial charge in [0.05, 0.1) is 26.7 Å². The van der Waals surface area contributed by atoms with Crippen LogP contribution in [-0.4, -0.2) is 145 Å². The monoisotopic (exact) mass is 963 g/mol. The quantitative estimate of drug-likeness (QED) is 0.0747. The first kappa shape index (κ1) is 54.2. The van der Waals surface area contributed by atoms with Crippen LogP contribution in [0.2, 0.25) is 0 Å². The van der Waals surface area contributed by atoms with E-state index in [2.05, 4.69) is 16.9 Å². The third-order valence-corrected chi connectivity index (χ3v) is 10.1. The number of rotatable bonds is 21. The summed E-state index contributed by atoms with van der Waals surface area (Å²) >= 11 is 0. The van der Waals surface area contributed by atoms with E-state index in [1.54, 1.807) is 0 Å². The molecule has 1 unspecified atom stereocenters. The number of carbonyl (C=O) groups excluding carboxylic acids is 9. The molecule has 3 rings (SSSR count). The van der Waals surface area contributed by atoms with Gasteiger partial charge in [-0.3, -0.25) is 52.0 Å². The van der Waals surface area contributed by atoms with Crippen molar-refractivity contribution in [3.05, 3.63) is 35.4 Å². The van der Waals surface area contributed by atoms with Gasteiger partial charge in [-0.2, -0.15) is 4.98 Å². The molecule has 2 aliphatic rings. The Bertz CT molecular complexity index is 2130. The predicted molar refractivity (Wildman–Crippen MR) is 212 cm³/mol. The Hall–Kier alpha value is -6.12. The van der Waals surface area contributed by atoms with E-state index in [0.717, 1.165) is 79.3 Å². The van der Waals surface area contributed by atoms with Crippen LogP contribution in [0.4, 0.5) is 5.82 Å². The molecule has 0 saturated carbocycles. The first-order valence-corrected chi connectivity index (χ1v) is 21.0. The highest BCUT2D eigenvalue weighted by Crippen LogP contribution is 2.56. The van der Waals surface area contributed by atoms with Crippen molar-refractivity contribution in [1.29, 1.82) is 0 Å². The van der Waals surface area contributed by atoms with Gasteiger partial charge < -0.3 is 52.7 Å². The van der Waals surface area contributed by atoms with Crippen LogP contribution in [0.25, 0.3) is 0 Å². The highest BCUT2D eigenvalue weighted by atomic mass is 31.2. The number of carbonyl (C=O) groups is 9. The summed E-state index contributed by atoms with van der Waals surface area (Å²) in [6.07, 6.45) is -15.3. The lowest BCUT2D eigenvalue weighted by Gasteiger charge is -2.47. The minimum absolute atomic E-state index is 0.160. The molecule has 0 spiro atoms. The van der Waals surface area contributed by atoms with Crippen LogP contribution in [0.1, 0.15) is 68.0 Å². The maximum Gasteiger partial charge on any atom is 0.478 e. The molecule has 1 N–H and O–H groups in total. The Balaban J connectivity index is 2.23. The van der Waals surface area contributed by atoms with Gasteiger partial charge in [0.2, 0.25) is 5.91 Å². The average Bonchev–Trinajstić information content (AvgIpc) is 3.51. The zero-order chi connectivity index (χ0) is 49.7. The Kier molecular flexibility index (Phi) is 19.6. The number of amides is 1. The van der Waals surface area contributed by atoms with E-state index in [-0.39, 0.29) is 5.82 Å². The summed E-state index contributed by atoms with van der Waals surface area (Å²) in [5, 5.41) is 2.32. The number of ether oxygens (including phenoxy) is 10. The first-order chi connectivity index (χ1) is 30.8. The van der Waals surface area contributed by atoms with Gasteiger partial charge in [-0.25, -0.2) is 18.7 Å². The van der Waals surface area contributed by atoms with Gasteiger partial charge in [0, 0.05) is 61.6 Å². The standard InChI is InChI=1S/C38H50N3O24P/c1-11-14-55-66(52,56-17-28-32(61-24(8)48)34(62-25(9)49)35(63-28)41-13-12-29(39-18(2)42)40-37(41)51)65-38(36(50)53-10)15-26(57-20(4)44)30(59-22(6)46)33(64-38)31(60-23(7)47)27(58-21(5)45)16-54-19(3)43/h11-13,26-28,30-35H,1,14-17H2,2-10H3,(H,39,40,42,51)/t26-,27+,28+,30+,31+,32+,33+,34+,35+,38+,66?/m0/s1. The topological polar surface area (TPSA) is 338 Å². The molecule has 2 fully saturated rings. The zero-order valence-electron chi connectivity index (χ0n) is 37.1. The molecule has 27 nitrogen and oxygen atoms in total. The number of nitrogens with one attached hydrogen (secondary N) is 1. The first-order valence-electron chi connectivity index (χ1n) is 19.5. The number of phosphoric ester groups is 1. The SMILES string of the molecule is C=CCOP(=O)(OC[C@H]1O[C@@H](n2ccc(NC(C)=O)nc2=O)[C@H](OC(C)=O)[C@@H]1OC(C)=O)O[C@@]1(C(=O)OC)C[C@H](OC(C)=O)[C@@H](OC(C)=O)[C@H]([C@H](OC(C)=O)[C@@H](COC(C)=O)OC(C)=O)O1. The van der Waals surface area contributed by atoms with Gasteiger partial charge in [0.1, 0.15) is 30.7 Å². The molecule has 28 heteroatoms. The Labute approximate surface area is 375 Å². The Morgan fingerprint density at radius 1 is 0.848 bits per heavy atom. The number of anilines is 1. The van der Waals surface area contributed by atoms with Crippen molar-refractivity contribution in [2.75, 3.05) is 32.2 Å². The van der Waals surface area contributed by atoms with Gasteiger partial charge >= 0.3 is 61.3 Å². The molecule has 66 heavy (non-hydrogen) atoms. The van der Waals surface area contributed by atoms with Gasteiger partial charge in [-0.05, 0) is 6.07 Å². The summed E-state index contributed by atoms with van der Waals surface area (Å²) < 4.78 is 87.3. The van der Waals surface area contributed by atoms with E-state index in [1.165, 1.54) is 6.07 Å². The van der Waals surface area contributed by atoms with Gasteiger partial charge in [0.15, 0.2) is 36.7 Å². The summed E-state index contributed by atoms with van der Waals surface area (Å²) in [7, 11) is -4.62. The molecule has 0 aromatic carbocycles. The van der Waals surface area contributed by atoms with Crippen LogP contribution in [0, 0.1) is 0 Å². The number of esters is 8. The normalized spacial score (nSPS) is 25.3. The number of hydrogen-bond acceptors (Lipinski definition) is 25. The van der Waals surface area contributed by atoms with E-state index < -0.39 is 154 Å². The molecule has 0 aliphatic carbocycles. The minimum atomic E-state index is -5.44. The second-order valence-corrected chi connectivity index (χ2v) is 15.7. The third-order valence-electron chi connectivity index (χ3n) is 8.67. The fraction of sp³-hybridized carbons (Fsp3) is 0.605. The largest absolute Gasteiger partial charge is 0.478 e. The predicted octanol–water partition coefficient (Wildman–Crippen LogP) is 0.255. The molecule has 2 saturated heterocycles. The summed E-state index contributed by atoms with van der Waals surface area (Å²) in [6.45, 7) is 8.73. The minimum Gasteiger partial charge on any atom is -0.465 e. The van der Waals surface area contributed by atoms with Crippen molar-refractivity contribution in [3.63, 3.8) is 0 Å². The van der Waals surface area contributed by atoms with Gasteiger partial charge in [0.25, 0.3) is 5.79 Å². The van der Waals surface area contributed by atoms with Crippen LogP contribution in [0.5, 0.6) is 0 Å². The molecule has 3 heterocycles. The average molecular weight is 964 g/mol. The van der Waals surface area contributed by atoms with Crippen molar-refractivity contribution in [1.82, 2.24) is 9.55 Å². The molecular weight excluding hydrogens is 913 g/mol. The summed E-state index contributed by atoms with van der Waals surface area (Å²) in [6, 6.07) is 1.20. The second-order valence-electron chi connectivity index (χ2n) is 14.1. The van der Waals surface area contributed by atoms with Crippen molar-refractivity contribution < 1.29 is 109 Å². The molecule has 2 aliphatic heterocycles. The highest BCUT2D eigenvalue weighted by molar-refractivity contribution is 7.48. The number of hydrogen-bond donors (Lipinski definition) is 1. The number of methoxy groups -OCH3 is 1. The summed E-state index contributed by atoms with van der Waals surface area (Å²) in [5.74, 6) is -12.5. The maximum atomic E-state index is 14.9. The van der Waals surface area contributed by atoms with Crippen molar-refractivity contribution in [3.8, 4) is 0 Å². The molecule has 0 radical (unpaired) electrons. The van der Waals surface area contributed by atoms with E-state index in [9.17, 15) is 52.5 Å². The van der Waals surface area contributed by atoms with Crippen LogP contribution in [0.15, 0.2) is 29.7 Å². The van der Waals surface area contributed by atoms with Crippen molar-refractivity contribution in [2.24, 2.45) is 0 Å². The number of phosphoric acid groups is 1. The van der Waals surface area contributed by atoms with E-state index >= 15 is 0 Å². The molecule has 0 bridgehead atoms. The third kappa shape index (κ3) is 15.2. The Morgan fingerprint density at radius 3 is 1.95 bits per heavy atom. The van der Waals surface area contributed by atoms with Crippen LogP contribution < -0.4 is 11.0 Å². The fourth-order valence-corrected chi connectivity index (χ4v) is 7.88. The molecule has 366 valence electrons. The highest BCUT2D eigenvalue weighted by Gasteiger charge is 2.63. The van der Waals surface area contributed by atoms with E-state index in [1.807, 2.05) is 0 Å². The fourth-order valence-electron chi connectivity index (χ4n) is 6.53. The van der Waals surface area contributed by atoms with Crippen LogP contribution in [-0.2, 0) is 109 Å². The summed E-state index contributed by atoms with van der Waals surface area (Å²) in [5.41, 5.74) is -1.05. The zero-order valence-corrected chi connectivity index (χ0v) is 38.0. The number of nitrogens with zero attached hydrogens (tertiary/aromatic N) is 2. The molecule has 1 aromatic rings. The molecular formula is C38H50N3O24P. The Morgan fingerprint density at radius 2 is 1.44 bits per heavy atom. The van der Waals surface area contributed by atoms with Crippen molar-refractivity contribution >= 4 is 67.3 Å². The van der Waals surface area contributed by atoms with E-state index in [4.69, 9.17) is 60.9 Å².